The molecule has 0 radical (unpaired) electrons. The first-order valence-electron chi connectivity index (χ1n) is 9.63. The third-order valence-corrected chi connectivity index (χ3v) is 4.79. The zero-order valence-corrected chi connectivity index (χ0v) is 16.9. The number of hydrogen-bond donors (Lipinski definition) is 2. The molecule has 0 saturated heterocycles. The third kappa shape index (κ3) is 4.01. The predicted molar refractivity (Wildman–Crippen MR) is 117 cm³/mol. The van der Waals surface area contributed by atoms with Gasteiger partial charge in [0.25, 0.3) is 0 Å². The Kier molecular flexibility index (Phi) is 5.58. The lowest BCUT2D eigenvalue weighted by Crippen LogP contribution is -2.20. The molecule has 1 aromatic carbocycles. The summed E-state index contributed by atoms with van der Waals surface area (Å²) in [5, 5.41) is 12.3. The number of primary amides is 1. The number of aromatic nitrogens is 5. The lowest BCUT2D eigenvalue weighted by molar-refractivity contribution is -0.119. The molecule has 10 nitrogen and oxygen atoms in total. The standard InChI is InChI=1S/C22H19N7O3/c1-2-20(32)25-10-18-21-17(15-9-26-28(11-15)12-19(23)31)7-8-24-22(21)29(27-18)16-5-3-14(13-30)4-6-16/h2-9,11,13H,1,10,12H2,(H2,23,31)(H,25,32). The van der Waals surface area contributed by atoms with Gasteiger partial charge in [-0.1, -0.05) is 6.58 Å². The quantitative estimate of drug-likeness (QED) is 0.321. The smallest absolute Gasteiger partial charge is 0.243 e. The molecule has 4 rings (SSSR count). The van der Waals surface area contributed by atoms with Crippen molar-refractivity contribution in [3.8, 4) is 16.8 Å². The minimum atomic E-state index is -0.501. The second-order valence-corrected chi connectivity index (χ2v) is 6.94. The van der Waals surface area contributed by atoms with E-state index in [0.717, 1.165) is 22.8 Å². The molecule has 3 heterocycles. The van der Waals surface area contributed by atoms with E-state index in [1.165, 1.54) is 10.8 Å². The number of carbonyl (C=O) groups excluding carboxylic acids is 3. The fourth-order valence-electron chi connectivity index (χ4n) is 3.34. The molecule has 0 bridgehead atoms. The van der Waals surface area contributed by atoms with Crippen LogP contribution in [0, 0.1) is 0 Å². The summed E-state index contributed by atoms with van der Waals surface area (Å²) >= 11 is 0. The molecule has 0 saturated carbocycles. The van der Waals surface area contributed by atoms with Crippen molar-refractivity contribution >= 4 is 29.1 Å². The van der Waals surface area contributed by atoms with Crippen LogP contribution >= 0.6 is 0 Å². The van der Waals surface area contributed by atoms with Gasteiger partial charge in [0.1, 0.15) is 12.8 Å². The summed E-state index contributed by atoms with van der Waals surface area (Å²) < 4.78 is 3.10. The summed E-state index contributed by atoms with van der Waals surface area (Å²) in [6.07, 6.45) is 6.93. The summed E-state index contributed by atoms with van der Waals surface area (Å²) in [6, 6.07) is 8.72. The number of nitrogens with two attached hydrogens (primary N) is 1. The molecule has 10 heteroatoms. The van der Waals surface area contributed by atoms with Crippen LogP contribution in [0.3, 0.4) is 0 Å². The molecular weight excluding hydrogens is 410 g/mol. The zero-order valence-electron chi connectivity index (χ0n) is 16.9. The molecule has 0 aliphatic heterocycles. The lowest BCUT2D eigenvalue weighted by Gasteiger charge is -2.04. The average molecular weight is 429 g/mol. The highest BCUT2D eigenvalue weighted by Crippen LogP contribution is 2.31. The number of amides is 2. The van der Waals surface area contributed by atoms with Gasteiger partial charge in [-0.25, -0.2) is 9.67 Å². The van der Waals surface area contributed by atoms with Gasteiger partial charge in [0, 0.05) is 23.5 Å². The lowest BCUT2D eigenvalue weighted by atomic mass is 10.1. The van der Waals surface area contributed by atoms with Crippen LogP contribution in [0.2, 0.25) is 0 Å². The maximum Gasteiger partial charge on any atom is 0.243 e. The molecule has 0 atom stereocenters. The average Bonchev–Trinajstić information content (AvgIpc) is 3.41. The van der Waals surface area contributed by atoms with Crippen molar-refractivity contribution in [2.75, 3.05) is 0 Å². The van der Waals surface area contributed by atoms with E-state index in [1.807, 2.05) is 6.07 Å². The van der Waals surface area contributed by atoms with Crippen LogP contribution in [0.15, 0.2) is 61.6 Å². The summed E-state index contributed by atoms with van der Waals surface area (Å²) in [4.78, 5) is 38.5. The van der Waals surface area contributed by atoms with Gasteiger partial charge < -0.3 is 11.1 Å². The summed E-state index contributed by atoms with van der Waals surface area (Å²) in [6.45, 7) is 3.57. The zero-order chi connectivity index (χ0) is 22.7. The van der Waals surface area contributed by atoms with Gasteiger partial charge >= 0.3 is 0 Å². The van der Waals surface area contributed by atoms with Gasteiger partial charge in [0.2, 0.25) is 11.8 Å². The van der Waals surface area contributed by atoms with Crippen molar-refractivity contribution in [1.82, 2.24) is 29.9 Å². The van der Waals surface area contributed by atoms with Crippen LogP contribution in [-0.2, 0) is 22.7 Å². The summed E-state index contributed by atoms with van der Waals surface area (Å²) in [5.74, 6) is -0.832. The Morgan fingerprint density at radius 1 is 1.19 bits per heavy atom. The first-order valence-corrected chi connectivity index (χ1v) is 9.63. The fourth-order valence-corrected chi connectivity index (χ4v) is 3.34. The minimum absolute atomic E-state index is 0.0428. The van der Waals surface area contributed by atoms with E-state index >= 15 is 0 Å². The van der Waals surface area contributed by atoms with Gasteiger partial charge in [-0.2, -0.15) is 10.2 Å². The second kappa shape index (κ2) is 8.64. The van der Waals surface area contributed by atoms with Gasteiger partial charge in [0.15, 0.2) is 5.65 Å². The van der Waals surface area contributed by atoms with Gasteiger partial charge in [-0.3, -0.25) is 19.1 Å². The summed E-state index contributed by atoms with van der Waals surface area (Å²) in [7, 11) is 0. The Morgan fingerprint density at radius 2 is 1.97 bits per heavy atom. The van der Waals surface area contributed by atoms with Crippen molar-refractivity contribution in [3.05, 3.63) is 72.8 Å². The number of pyridine rings is 1. The van der Waals surface area contributed by atoms with Gasteiger partial charge in [-0.15, -0.1) is 0 Å². The normalized spacial score (nSPS) is 10.8. The Hall–Kier alpha value is -4.60. The van der Waals surface area contributed by atoms with Crippen LogP contribution in [0.4, 0.5) is 0 Å². The molecule has 4 aromatic rings. The van der Waals surface area contributed by atoms with E-state index in [-0.39, 0.29) is 19.0 Å². The van der Waals surface area contributed by atoms with Crippen molar-refractivity contribution in [2.45, 2.75) is 13.1 Å². The molecule has 2 amide bonds. The highest BCUT2D eigenvalue weighted by molar-refractivity contribution is 5.96. The van der Waals surface area contributed by atoms with E-state index in [2.05, 4.69) is 27.1 Å². The van der Waals surface area contributed by atoms with E-state index in [9.17, 15) is 14.4 Å². The Labute approximate surface area is 182 Å². The van der Waals surface area contributed by atoms with Gasteiger partial charge in [-0.05, 0) is 42.0 Å². The molecule has 0 fully saturated rings. The minimum Gasteiger partial charge on any atom is -0.368 e. The van der Waals surface area contributed by atoms with Crippen LogP contribution in [0.5, 0.6) is 0 Å². The molecule has 0 aliphatic carbocycles. The largest absolute Gasteiger partial charge is 0.368 e. The van der Waals surface area contributed by atoms with E-state index in [4.69, 9.17) is 5.73 Å². The summed E-state index contributed by atoms with van der Waals surface area (Å²) in [5.41, 5.74) is 9.18. The number of nitrogens with zero attached hydrogens (tertiary/aromatic N) is 5. The monoisotopic (exact) mass is 429 g/mol. The highest BCUT2D eigenvalue weighted by atomic mass is 16.2. The number of aldehydes is 1. The Balaban J connectivity index is 1.87. The second-order valence-electron chi connectivity index (χ2n) is 6.94. The SMILES string of the molecule is C=CC(=O)NCc1nn(-c2ccc(C=O)cc2)c2nccc(-c3cnn(CC(N)=O)c3)c12. The number of carbonyl (C=O) groups is 3. The molecular formula is C22H19N7O3. The maximum absolute atomic E-state index is 11.8. The van der Waals surface area contributed by atoms with Crippen molar-refractivity contribution in [3.63, 3.8) is 0 Å². The number of benzene rings is 1. The fraction of sp³-hybridized carbons (Fsp3) is 0.0909. The molecule has 160 valence electrons. The molecule has 3 aromatic heterocycles. The Bertz CT molecular complexity index is 1340. The number of hydrogen-bond acceptors (Lipinski definition) is 6. The number of nitrogens with one attached hydrogen (secondary N) is 1. The van der Waals surface area contributed by atoms with Crippen molar-refractivity contribution in [1.29, 1.82) is 0 Å². The number of fused-ring (bicyclic) bond motifs is 1. The molecule has 0 aliphatic rings. The van der Waals surface area contributed by atoms with Crippen LogP contribution in [-0.4, -0.2) is 42.6 Å². The van der Waals surface area contributed by atoms with Crippen molar-refractivity contribution < 1.29 is 14.4 Å². The van der Waals surface area contributed by atoms with E-state index < -0.39 is 5.91 Å². The third-order valence-electron chi connectivity index (χ3n) is 4.79. The Morgan fingerprint density at radius 3 is 2.66 bits per heavy atom. The highest BCUT2D eigenvalue weighted by Gasteiger charge is 2.19. The maximum atomic E-state index is 11.8. The topological polar surface area (TPSA) is 138 Å². The number of rotatable bonds is 8. The molecule has 3 N–H and O–H groups in total. The molecule has 0 spiro atoms. The molecule has 0 unspecified atom stereocenters. The van der Waals surface area contributed by atoms with Crippen LogP contribution in [0.1, 0.15) is 16.1 Å². The molecule has 32 heavy (non-hydrogen) atoms. The van der Waals surface area contributed by atoms with Gasteiger partial charge in [0.05, 0.1) is 29.5 Å². The van der Waals surface area contributed by atoms with Crippen molar-refractivity contribution in [2.24, 2.45) is 5.73 Å². The predicted octanol–water partition coefficient (Wildman–Crippen LogP) is 1.38. The van der Waals surface area contributed by atoms with E-state index in [0.29, 0.717) is 22.6 Å². The van der Waals surface area contributed by atoms with Crippen LogP contribution in [0.25, 0.3) is 27.8 Å². The van der Waals surface area contributed by atoms with Crippen LogP contribution < -0.4 is 11.1 Å². The first kappa shape index (κ1) is 20.7. The van der Waals surface area contributed by atoms with E-state index in [1.54, 1.807) is 47.5 Å². The first-order chi connectivity index (χ1) is 15.5.